The SMILES string of the molecule is CC(=O)N(C1CCC(C)(C)CC1)C1C[C@@H](C(=O)N2CCN(C(C)C)CC2)N(C(=O)[C@@H]2CN(C(C)(C)C)C[C@H]2c2ccc(Cl)cc2)C1. The molecule has 0 N–H and O–H groups in total. The van der Waals surface area contributed by atoms with E-state index in [9.17, 15) is 14.4 Å². The van der Waals surface area contributed by atoms with E-state index >= 15 is 0 Å². The molecule has 3 amide bonds. The van der Waals surface area contributed by atoms with E-state index in [1.54, 1.807) is 6.92 Å². The minimum atomic E-state index is -0.556. The minimum absolute atomic E-state index is 0.00198. The van der Waals surface area contributed by atoms with Gasteiger partial charge in [-0.3, -0.25) is 24.2 Å². The number of hydrogen-bond donors (Lipinski definition) is 0. The molecule has 1 aromatic carbocycles. The lowest BCUT2D eigenvalue weighted by Gasteiger charge is -2.42. The van der Waals surface area contributed by atoms with Crippen LogP contribution in [0.5, 0.6) is 0 Å². The second kappa shape index (κ2) is 13.8. The number of likely N-dealkylation sites (tertiary alicyclic amines) is 2. The smallest absolute Gasteiger partial charge is 0.245 e. The molecule has 3 aliphatic heterocycles. The van der Waals surface area contributed by atoms with Crippen LogP contribution in [0.15, 0.2) is 24.3 Å². The van der Waals surface area contributed by atoms with Gasteiger partial charge in [-0.05, 0) is 89.8 Å². The number of halogens is 1. The van der Waals surface area contributed by atoms with Crippen LogP contribution in [0.4, 0.5) is 0 Å². The predicted octanol–water partition coefficient (Wildman–Crippen LogP) is 5.49. The Morgan fingerprint density at radius 3 is 2.04 bits per heavy atom. The van der Waals surface area contributed by atoms with Crippen LogP contribution in [0.1, 0.15) is 99.0 Å². The van der Waals surface area contributed by atoms with Crippen molar-refractivity contribution in [3.05, 3.63) is 34.9 Å². The highest BCUT2D eigenvalue weighted by Crippen LogP contribution is 2.41. The third-order valence-corrected chi connectivity index (χ3v) is 11.8. The van der Waals surface area contributed by atoms with Crippen LogP contribution in [0.2, 0.25) is 5.02 Å². The van der Waals surface area contributed by atoms with Crippen LogP contribution in [0.25, 0.3) is 0 Å². The van der Waals surface area contributed by atoms with Gasteiger partial charge in [-0.15, -0.1) is 0 Å². The fourth-order valence-electron chi connectivity index (χ4n) is 8.50. The first kappa shape index (κ1) is 35.2. The molecule has 4 atom stereocenters. The summed E-state index contributed by atoms with van der Waals surface area (Å²) in [7, 11) is 0. The van der Waals surface area contributed by atoms with Crippen molar-refractivity contribution in [2.24, 2.45) is 11.3 Å². The largest absolute Gasteiger partial charge is 0.338 e. The summed E-state index contributed by atoms with van der Waals surface area (Å²) in [6.45, 7) is 22.1. The molecule has 0 aromatic heterocycles. The zero-order chi connectivity index (χ0) is 33.6. The molecule has 256 valence electrons. The van der Waals surface area contributed by atoms with Crippen molar-refractivity contribution in [3.63, 3.8) is 0 Å². The molecule has 1 unspecified atom stereocenters. The Balaban J connectivity index is 1.44. The zero-order valence-corrected chi connectivity index (χ0v) is 30.4. The van der Waals surface area contributed by atoms with Crippen molar-refractivity contribution in [1.82, 2.24) is 24.5 Å². The Hall–Kier alpha value is -2.16. The van der Waals surface area contributed by atoms with E-state index in [4.69, 9.17) is 11.6 Å². The van der Waals surface area contributed by atoms with E-state index in [1.165, 1.54) is 0 Å². The van der Waals surface area contributed by atoms with Gasteiger partial charge in [0.25, 0.3) is 0 Å². The Kier molecular flexibility index (Phi) is 10.5. The summed E-state index contributed by atoms with van der Waals surface area (Å²) in [4.78, 5) is 53.4. The Morgan fingerprint density at radius 2 is 1.50 bits per heavy atom. The van der Waals surface area contributed by atoms with Crippen LogP contribution in [0, 0.1) is 11.3 Å². The molecular weight excluding hydrogens is 598 g/mol. The molecule has 4 aliphatic rings. The highest BCUT2D eigenvalue weighted by molar-refractivity contribution is 6.30. The van der Waals surface area contributed by atoms with E-state index in [2.05, 4.69) is 63.2 Å². The average Bonchev–Trinajstić information content (AvgIpc) is 3.64. The lowest BCUT2D eigenvalue weighted by atomic mass is 9.75. The van der Waals surface area contributed by atoms with Crippen molar-refractivity contribution in [2.45, 2.75) is 123 Å². The normalized spacial score (nSPS) is 28.2. The molecule has 9 heteroatoms. The summed E-state index contributed by atoms with van der Waals surface area (Å²) >= 11 is 6.26. The van der Waals surface area contributed by atoms with E-state index < -0.39 is 6.04 Å². The average molecular weight is 656 g/mol. The number of carbonyl (C=O) groups is 3. The molecule has 1 saturated carbocycles. The minimum Gasteiger partial charge on any atom is -0.338 e. The molecule has 46 heavy (non-hydrogen) atoms. The Bertz CT molecular complexity index is 1240. The molecule has 3 heterocycles. The van der Waals surface area contributed by atoms with Gasteiger partial charge in [-0.2, -0.15) is 0 Å². The number of rotatable bonds is 6. The molecule has 1 aliphatic carbocycles. The lowest BCUT2D eigenvalue weighted by Crippen LogP contribution is -2.56. The number of nitrogens with zero attached hydrogens (tertiary/aromatic N) is 5. The zero-order valence-electron chi connectivity index (χ0n) is 29.6. The van der Waals surface area contributed by atoms with Gasteiger partial charge >= 0.3 is 0 Å². The number of amides is 3. The van der Waals surface area contributed by atoms with Gasteiger partial charge in [0.2, 0.25) is 17.7 Å². The number of piperazine rings is 1. The van der Waals surface area contributed by atoms with Crippen LogP contribution in [0.3, 0.4) is 0 Å². The maximum absolute atomic E-state index is 14.9. The van der Waals surface area contributed by atoms with Gasteiger partial charge < -0.3 is 14.7 Å². The molecule has 0 bridgehead atoms. The van der Waals surface area contributed by atoms with E-state index in [0.717, 1.165) is 50.9 Å². The van der Waals surface area contributed by atoms with Crippen molar-refractivity contribution < 1.29 is 14.4 Å². The van der Waals surface area contributed by atoms with Crippen LogP contribution in [-0.4, -0.2) is 118 Å². The van der Waals surface area contributed by atoms with E-state index in [1.807, 2.05) is 34.1 Å². The summed E-state index contributed by atoms with van der Waals surface area (Å²) < 4.78 is 0. The topological polar surface area (TPSA) is 67.4 Å². The highest BCUT2D eigenvalue weighted by Gasteiger charge is 2.51. The molecule has 3 saturated heterocycles. The second-order valence-electron chi connectivity index (χ2n) is 16.5. The van der Waals surface area contributed by atoms with Gasteiger partial charge in [0.1, 0.15) is 6.04 Å². The maximum Gasteiger partial charge on any atom is 0.245 e. The number of benzene rings is 1. The Labute approximate surface area is 282 Å². The maximum atomic E-state index is 14.9. The van der Waals surface area contributed by atoms with Crippen LogP contribution < -0.4 is 0 Å². The molecule has 0 radical (unpaired) electrons. The molecule has 1 aromatic rings. The molecule has 0 spiro atoms. The van der Waals surface area contributed by atoms with Gasteiger partial charge in [0.05, 0.1) is 12.0 Å². The second-order valence-corrected chi connectivity index (χ2v) is 16.9. The summed E-state index contributed by atoms with van der Waals surface area (Å²) in [5.41, 5.74) is 1.29. The summed E-state index contributed by atoms with van der Waals surface area (Å²) in [6.07, 6.45) is 4.60. The first-order chi connectivity index (χ1) is 21.6. The van der Waals surface area contributed by atoms with Gasteiger partial charge in [-0.25, -0.2) is 0 Å². The van der Waals surface area contributed by atoms with Crippen molar-refractivity contribution in [2.75, 3.05) is 45.8 Å². The highest BCUT2D eigenvalue weighted by atomic mass is 35.5. The van der Waals surface area contributed by atoms with Crippen LogP contribution in [-0.2, 0) is 14.4 Å². The fourth-order valence-corrected chi connectivity index (χ4v) is 8.63. The summed E-state index contributed by atoms with van der Waals surface area (Å²) in [5.74, 6) is -0.145. The van der Waals surface area contributed by atoms with E-state index in [0.29, 0.717) is 43.7 Å². The quantitative estimate of drug-likeness (QED) is 0.405. The lowest BCUT2D eigenvalue weighted by molar-refractivity contribution is -0.147. The Morgan fingerprint density at radius 1 is 0.891 bits per heavy atom. The van der Waals surface area contributed by atoms with Gasteiger partial charge in [0, 0.05) is 81.3 Å². The van der Waals surface area contributed by atoms with Gasteiger partial charge in [-0.1, -0.05) is 37.6 Å². The van der Waals surface area contributed by atoms with E-state index in [-0.39, 0.29) is 52.6 Å². The van der Waals surface area contributed by atoms with Crippen LogP contribution >= 0.6 is 11.6 Å². The summed E-state index contributed by atoms with van der Waals surface area (Å²) in [5, 5.41) is 0.679. The first-order valence-corrected chi connectivity index (χ1v) is 18.1. The number of hydrogen-bond acceptors (Lipinski definition) is 5. The monoisotopic (exact) mass is 655 g/mol. The standard InChI is InChI=1S/C37H58ClN5O3/c1-25(2)39-17-19-40(20-18-39)35(46)33-21-30(43(26(3)44)29-13-15-37(7,8)16-14-29)22-42(33)34(45)32-24-41(36(4,5)6)23-31(32)27-9-11-28(38)12-10-27/h9-12,25,29-33H,13-24H2,1-8H3/t30?,31-,32+,33-/m0/s1. The molecular formula is C37H58ClN5O3. The number of carbonyl (C=O) groups excluding carboxylic acids is 3. The fraction of sp³-hybridized carbons (Fsp3) is 0.757. The molecule has 5 rings (SSSR count). The van der Waals surface area contributed by atoms with Crippen molar-refractivity contribution in [1.29, 1.82) is 0 Å². The molecule has 4 fully saturated rings. The van der Waals surface area contributed by atoms with Crippen molar-refractivity contribution in [3.8, 4) is 0 Å². The summed E-state index contributed by atoms with van der Waals surface area (Å²) in [6, 6.07) is 7.78. The third-order valence-electron chi connectivity index (χ3n) is 11.5. The first-order valence-electron chi connectivity index (χ1n) is 17.7. The third kappa shape index (κ3) is 7.60. The van der Waals surface area contributed by atoms with Crippen molar-refractivity contribution >= 4 is 29.3 Å². The predicted molar refractivity (Wildman–Crippen MR) is 185 cm³/mol. The van der Waals surface area contributed by atoms with Gasteiger partial charge in [0.15, 0.2) is 0 Å². The molecule has 8 nitrogen and oxygen atoms in total.